The van der Waals surface area contributed by atoms with Crippen molar-refractivity contribution in [2.75, 3.05) is 32.7 Å². The van der Waals surface area contributed by atoms with Gasteiger partial charge in [0.25, 0.3) is 0 Å². The van der Waals surface area contributed by atoms with Crippen LogP contribution in [0, 0.1) is 23.1 Å². The second-order valence-electron chi connectivity index (χ2n) is 14.3. The summed E-state index contributed by atoms with van der Waals surface area (Å²) in [5.74, 6) is -1.63. The molecular weight excluding hydrogens is 609 g/mol. The number of nitriles is 1. The fourth-order valence-electron chi connectivity index (χ4n) is 6.31. The molecule has 2 aromatic rings. The first kappa shape index (κ1) is 35.2. The van der Waals surface area contributed by atoms with Crippen molar-refractivity contribution in [2.45, 2.75) is 84.0 Å². The van der Waals surface area contributed by atoms with Crippen LogP contribution in [-0.2, 0) is 20.7 Å². The Kier molecular flexibility index (Phi) is 10.7. The molecule has 2 fully saturated rings. The molecule has 0 aromatic heterocycles. The zero-order valence-electron chi connectivity index (χ0n) is 27.8. The number of nitrogens with one attached hydrogen (secondary N) is 1. The number of piperazine rings is 1. The van der Waals surface area contributed by atoms with E-state index in [1.54, 1.807) is 67.0 Å². The van der Waals surface area contributed by atoms with E-state index in [0.29, 0.717) is 41.3 Å². The second kappa shape index (κ2) is 14.0. The first-order valence-electron chi connectivity index (χ1n) is 15.7. The summed E-state index contributed by atoms with van der Waals surface area (Å²) in [7, 11) is 0. The molecule has 0 saturated carbocycles. The van der Waals surface area contributed by atoms with Crippen LogP contribution < -0.4 is 5.32 Å². The zero-order chi connectivity index (χ0) is 34.0. The van der Waals surface area contributed by atoms with Gasteiger partial charge in [-0.1, -0.05) is 35.9 Å². The van der Waals surface area contributed by atoms with Crippen LogP contribution >= 0.6 is 11.6 Å². The van der Waals surface area contributed by atoms with E-state index in [1.165, 1.54) is 6.07 Å². The van der Waals surface area contributed by atoms with E-state index in [1.807, 2.05) is 6.92 Å². The molecule has 0 unspecified atom stereocenters. The number of nitrogens with zero attached hydrogens (tertiary/aromatic N) is 4. The number of hydrogen-bond acceptors (Lipinski definition) is 6. The standard InChI is InChI=1S/C35H45ClFN5O4/c1-22-19-40(32(44)30(39-33(45)46-35(5,6)7)16-23-10-8-9-11-24(23)18-38)14-15-42(22)31(43)28-21-41(34(2,3)4)20-27(28)26-13-12-25(36)17-29(26)37/h8-13,17,22,27-28,30H,14-16,19-21H2,1-7H3,(H,39,45)/t22-,27-,28+,30-/m0/s1. The maximum absolute atomic E-state index is 15.2. The van der Waals surface area contributed by atoms with Gasteiger partial charge in [-0.2, -0.15) is 5.26 Å². The summed E-state index contributed by atoms with van der Waals surface area (Å²) in [5.41, 5.74) is 0.546. The molecule has 2 aliphatic heterocycles. The number of amides is 3. The van der Waals surface area contributed by atoms with Crippen LogP contribution in [0.25, 0.3) is 0 Å². The predicted molar refractivity (Wildman–Crippen MR) is 175 cm³/mol. The van der Waals surface area contributed by atoms with E-state index in [2.05, 4.69) is 37.1 Å². The molecule has 2 saturated heterocycles. The number of hydrogen-bond donors (Lipinski definition) is 1. The molecule has 9 nitrogen and oxygen atoms in total. The third kappa shape index (κ3) is 8.37. The predicted octanol–water partition coefficient (Wildman–Crippen LogP) is 5.36. The smallest absolute Gasteiger partial charge is 0.408 e. The Morgan fingerprint density at radius 2 is 1.76 bits per heavy atom. The molecule has 1 N–H and O–H groups in total. The molecule has 46 heavy (non-hydrogen) atoms. The van der Waals surface area contributed by atoms with Gasteiger partial charge in [0, 0.05) is 61.7 Å². The van der Waals surface area contributed by atoms with E-state index in [4.69, 9.17) is 16.3 Å². The highest BCUT2D eigenvalue weighted by atomic mass is 35.5. The summed E-state index contributed by atoms with van der Waals surface area (Å²) < 4.78 is 20.6. The van der Waals surface area contributed by atoms with E-state index < -0.39 is 29.5 Å². The lowest BCUT2D eigenvalue weighted by Gasteiger charge is -2.42. The molecule has 3 amide bonds. The maximum Gasteiger partial charge on any atom is 0.408 e. The highest BCUT2D eigenvalue weighted by Gasteiger charge is 2.46. The van der Waals surface area contributed by atoms with E-state index in [0.717, 1.165) is 0 Å². The van der Waals surface area contributed by atoms with Crippen LogP contribution in [0.4, 0.5) is 9.18 Å². The van der Waals surface area contributed by atoms with Crippen molar-refractivity contribution in [1.82, 2.24) is 20.0 Å². The third-order valence-electron chi connectivity index (χ3n) is 8.72. The van der Waals surface area contributed by atoms with Gasteiger partial charge in [0.1, 0.15) is 17.5 Å². The van der Waals surface area contributed by atoms with Crippen molar-refractivity contribution < 1.29 is 23.5 Å². The quantitative estimate of drug-likeness (QED) is 0.450. The van der Waals surface area contributed by atoms with Crippen molar-refractivity contribution in [3.8, 4) is 6.07 Å². The zero-order valence-corrected chi connectivity index (χ0v) is 28.5. The van der Waals surface area contributed by atoms with Gasteiger partial charge in [-0.3, -0.25) is 14.5 Å². The van der Waals surface area contributed by atoms with Gasteiger partial charge < -0.3 is 19.9 Å². The molecule has 2 heterocycles. The maximum atomic E-state index is 15.2. The van der Waals surface area contributed by atoms with Crippen LogP contribution in [0.3, 0.4) is 0 Å². The summed E-state index contributed by atoms with van der Waals surface area (Å²) >= 11 is 6.04. The van der Waals surface area contributed by atoms with Gasteiger partial charge in [0.05, 0.1) is 17.6 Å². The summed E-state index contributed by atoms with van der Waals surface area (Å²) in [6, 6.07) is 12.4. The first-order chi connectivity index (χ1) is 21.5. The molecule has 2 aromatic carbocycles. The number of ether oxygens (including phenoxy) is 1. The van der Waals surface area contributed by atoms with Gasteiger partial charge in [-0.05, 0) is 77.8 Å². The summed E-state index contributed by atoms with van der Waals surface area (Å²) in [4.78, 5) is 46.6. The number of benzene rings is 2. The number of halogens is 2. The Hall–Kier alpha value is -3.68. The SMILES string of the molecule is C[C@H]1CN(C(=O)[C@H](Cc2ccccc2C#N)NC(=O)OC(C)(C)C)CCN1C(=O)[C@@H]1CN(C(C)(C)C)C[C@H]1c1ccc(Cl)cc1F. The molecular formula is C35H45ClFN5O4. The summed E-state index contributed by atoms with van der Waals surface area (Å²) in [5, 5.41) is 12.6. The van der Waals surface area contributed by atoms with Gasteiger partial charge in [0.2, 0.25) is 11.8 Å². The van der Waals surface area contributed by atoms with Gasteiger partial charge >= 0.3 is 6.09 Å². The van der Waals surface area contributed by atoms with Crippen molar-refractivity contribution >= 4 is 29.5 Å². The molecule has 4 rings (SSSR count). The second-order valence-corrected chi connectivity index (χ2v) is 14.7. The molecule has 0 spiro atoms. The first-order valence-corrected chi connectivity index (χ1v) is 16.1. The largest absolute Gasteiger partial charge is 0.444 e. The Balaban J connectivity index is 1.53. The highest BCUT2D eigenvalue weighted by Crippen LogP contribution is 2.39. The monoisotopic (exact) mass is 653 g/mol. The number of likely N-dealkylation sites (tertiary alicyclic amines) is 1. The number of carbonyl (C=O) groups is 3. The molecule has 0 radical (unpaired) electrons. The highest BCUT2D eigenvalue weighted by molar-refractivity contribution is 6.30. The topological polar surface area (TPSA) is 106 Å². The molecule has 11 heteroatoms. The van der Waals surface area contributed by atoms with Crippen LogP contribution in [0.5, 0.6) is 0 Å². The Labute approximate surface area is 276 Å². The van der Waals surface area contributed by atoms with Gasteiger partial charge in [-0.15, -0.1) is 0 Å². The summed E-state index contributed by atoms with van der Waals surface area (Å²) in [6.45, 7) is 15.2. The Bertz CT molecular complexity index is 1500. The van der Waals surface area contributed by atoms with Crippen LogP contribution in [-0.4, -0.2) is 88.6 Å². The van der Waals surface area contributed by atoms with E-state index >= 15 is 4.39 Å². The summed E-state index contributed by atoms with van der Waals surface area (Å²) in [6.07, 6.45) is -0.624. The van der Waals surface area contributed by atoms with Gasteiger partial charge in [0.15, 0.2) is 0 Å². The van der Waals surface area contributed by atoms with Crippen LogP contribution in [0.15, 0.2) is 42.5 Å². The average molecular weight is 654 g/mol. The fraction of sp³-hybridized carbons (Fsp3) is 0.543. The van der Waals surface area contributed by atoms with Crippen molar-refractivity contribution in [3.05, 3.63) is 70.0 Å². The lowest BCUT2D eigenvalue weighted by molar-refractivity contribution is -0.146. The lowest BCUT2D eigenvalue weighted by atomic mass is 9.87. The molecule has 0 bridgehead atoms. The van der Waals surface area contributed by atoms with Crippen molar-refractivity contribution in [3.63, 3.8) is 0 Å². The minimum absolute atomic E-state index is 0.0722. The van der Waals surface area contributed by atoms with Crippen molar-refractivity contribution in [2.24, 2.45) is 5.92 Å². The normalized spacial score (nSPS) is 21.4. The van der Waals surface area contributed by atoms with E-state index in [9.17, 15) is 19.6 Å². The average Bonchev–Trinajstić information content (AvgIpc) is 3.41. The molecule has 2 aliphatic rings. The molecule has 4 atom stereocenters. The van der Waals surface area contributed by atoms with Crippen molar-refractivity contribution in [1.29, 1.82) is 5.26 Å². The van der Waals surface area contributed by atoms with E-state index in [-0.39, 0.29) is 48.8 Å². The Morgan fingerprint density at radius 3 is 2.37 bits per heavy atom. The number of alkyl carbamates (subject to hydrolysis) is 1. The molecule has 248 valence electrons. The van der Waals surface area contributed by atoms with Crippen LogP contribution in [0.2, 0.25) is 5.02 Å². The Morgan fingerprint density at radius 1 is 1.07 bits per heavy atom. The third-order valence-corrected chi connectivity index (χ3v) is 8.96. The van der Waals surface area contributed by atoms with Gasteiger partial charge in [-0.25, -0.2) is 9.18 Å². The minimum Gasteiger partial charge on any atom is -0.444 e. The van der Waals surface area contributed by atoms with Crippen LogP contribution in [0.1, 0.15) is 71.1 Å². The number of rotatable bonds is 6. The molecule has 0 aliphatic carbocycles. The lowest BCUT2D eigenvalue weighted by Crippen LogP contribution is -2.60. The minimum atomic E-state index is -0.980. The number of carbonyl (C=O) groups excluding carboxylic acids is 3. The fourth-order valence-corrected chi connectivity index (χ4v) is 6.47.